The molecule has 1 saturated heterocycles. The van der Waals surface area contributed by atoms with Crippen molar-refractivity contribution in [3.63, 3.8) is 0 Å². The molecular weight excluding hydrogens is 414 g/mol. The summed E-state index contributed by atoms with van der Waals surface area (Å²) in [7, 11) is 0. The molecule has 7 heteroatoms. The lowest BCUT2D eigenvalue weighted by Gasteiger charge is -2.21. The number of hydrogen-bond donors (Lipinski definition) is 1. The monoisotopic (exact) mass is 447 g/mol. The van der Waals surface area contributed by atoms with Gasteiger partial charge in [0, 0.05) is 43.7 Å². The highest BCUT2D eigenvalue weighted by Gasteiger charge is 2.24. The number of hydrogen-bond acceptors (Lipinski definition) is 6. The Morgan fingerprint density at radius 1 is 0.970 bits per heavy atom. The number of nitrogens with two attached hydrogens (primary N) is 1. The quantitative estimate of drug-likeness (QED) is 0.639. The second kappa shape index (κ2) is 9.85. The van der Waals surface area contributed by atoms with Crippen LogP contribution >= 0.6 is 0 Å². The van der Waals surface area contributed by atoms with Crippen LogP contribution in [0.1, 0.15) is 54.8 Å². The fourth-order valence-electron chi connectivity index (χ4n) is 3.98. The number of amides is 1. The standard InChI is InChI=1S/C26H33N5O2/c1-26(2,3)25-28-23(29-33-25)18-30-13-4-14-31(16-15-30)24(32)22-11-9-21(10-12-22)20-7-5-19(17-27)6-8-20/h5-12H,4,13-18,27H2,1-3H3. The van der Waals surface area contributed by atoms with Crippen LogP contribution in [0.2, 0.25) is 0 Å². The molecule has 7 nitrogen and oxygen atoms in total. The summed E-state index contributed by atoms with van der Waals surface area (Å²) in [6.07, 6.45) is 0.918. The molecule has 2 aromatic carbocycles. The molecular formula is C26H33N5O2. The molecule has 3 aromatic rings. The summed E-state index contributed by atoms with van der Waals surface area (Å²) >= 11 is 0. The molecule has 0 bridgehead atoms. The maximum atomic E-state index is 13.1. The summed E-state index contributed by atoms with van der Waals surface area (Å²) in [5.74, 6) is 1.44. The Labute approximate surface area is 195 Å². The molecule has 0 saturated carbocycles. The van der Waals surface area contributed by atoms with Crippen LogP contribution in [-0.2, 0) is 18.5 Å². The molecule has 1 aromatic heterocycles. The second-order valence-corrected chi connectivity index (χ2v) is 9.67. The molecule has 1 fully saturated rings. The van der Waals surface area contributed by atoms with Crippen LogP contribution in [0, 0.1) is 0 Å². The van der Waals surface area contributed by atoms with Gasteiger partial charge in [-0.25, -0.2) is 0 Å². The summed E-state index contributed by atoms with van der Waals surface area (Å²) < 4.78 is 5.41. The van der Waals surface area contributed by atoms with E-state index >= 15 is 0 Å². The normalized spacial score (nSPS) is 15.5. The zero-order valence-electron chi connectivity index (χ0n) is 19.8. The van der Waals surface area contributed by atoms with E-state index < -0.39 is 0 Å². The molecule has 2 heterocycles. The van der Waals surface area contributed by atoms with Gasteiger partial charge in [-0.2, -0.15) is 4.98 Å². The van der Waals surface area contributed by atoms with Crippen molar-refractivity contribution in [1.82, 2.24) is 19.9 Å². The lowest BCUT2D eigenvalue weighted by atomic mass is 9.97. The third kappa shape index (κ3) is 5.67. The van der Waals surface area contributed by atoms with Crippen LogP contribution in [-0.4, -0.2) is 52.0 Å². The van der Waals surface area contributed by atoms with Gasteiger partial charge in [0.2, 0.25) is 5.89 Å². The summed E-state index contributed by atoms with van der Waals surface area (Å²) in [6.45, 7) is 10.5. The van der Waals surface area contributed by atoms with Crippen LogP contribution < -0.4 is 5.73 Å². The topological polar surface area (TPSA) is 88.5 Å². The first-order valence-electron chi connectivity index (χ1n) is 11.6. The number of carbonyl (C=O) groups is 1. The molecule has 0 unspecified atom stereocenters. The minimum atomic E-state index is -0.156. The van der Waals surface area contributed by atoms with E-state index in [4.69, 9.17) is 10.3 Å². The van der Waals surface area contributed by atoms with Crippen LogP contribution in [0.4, 0.5) is 0 Å². The van der Waals surface area contributed by atoms with Crippen molar-refractivity contribution in [2.45, 2.75) is 45.7 Å². The van der Waals surface area contributed by atoms with Crippen LogP contribution in [0.3, 0.4) is 0 Å². The molecule has 2 N–H and O–H groups in total. The molecule has 0 radical (unpaired) electrons. The highest BCUT2D eigenvalue weighted by Crippen LogP contribution is 2.22. The predicted molar refractivity (Wildman–Crippen MR) is 129 cm³/mol. The van der Waals surface area contributed by atoms with Crippen LogP contribution in [0.15, 0.2) is 53.1 Å². The fraction of sp³-hybridized carbons (Fsp3) is 0.423. The highest BCUT2D eigenvalue weighted by atomic mass is 16.5. The zero-order valence-corrected chi connectivity index (χ0v) is 19.8. The average molecular weight is 448 g/mol. The molecule has 1 aliphatic rings. The first-order chi connectivity index (χ1) is 15.8. The van der Waals surface area contributed by atoms with Crippen molar-refractivity contribution < 1.29 is 9.32 Å². The van der Waals surface area contributed by atoms with Crippen LogP contribution in [0.5, 0.6) is 0 Å². The first-order valence-corrected chi connectivity index (χ1v) is 11.6. The van der Waals surface area contributed by atoms with Gasteiger partial charge in [0.1, 0.15) is 0 Å². The minimum absolute atomic E-state index is 0.0801. The van der Waals surface area contributed by atoms with E-state index in [0.29, 0.717) is 31.3 Å². The van der Waals surface area contributed by atoms with Crippen molar-refractivity contribution in [2.24, 2.45) is 5.73 Å². The third-order valence-corrected chi connectivity index (χ3v) is 6.01. The molecule has 0 spiro atoms. The predicted octanol–water partition coefficient (Wildman–Crippen LogP) is 3.84. The third-order valence-electron chi connectivity index (χ3n) is 6.01. The summed E-state index contributed by atoms with van der Waals surface area (Å²) in [6, 6.07) is 16.1. The Balaban J connectivity index is 1.35. The van der Waals surface area contributed by atoms with E-state index in [1.165, 1.54) is 0 Å². The molecule has 174 valence electrons. The fourth-order valence-corrected chi connectivity index (χ4v) is 3.98. The van der Waals surface area contributed by atoms with Crippen LogP contribution in [0.25, 0.3) is 11.1 Å². The highest BCUT2D eigenvalue weighted by molar-refractivity contribution is 5.94. The summed E-state index contributed by atoms with van der Waals surface area (Å²) in [4.78, 5) is 21.9. The zero-order chi connectivity index (χ0) is 23.4. The van der Waals surface area contributed by atoms with Gasteiger partial charge < -0.3 is 15.2 Å². The van der Waals surface area contributed by atoms with Crippen molar-refractivity contribution in [3.05, 3.63) is 71.4 Å². The number of benzene rings is 2. The van der Waals surface area contributed by atoms with E-state index in [2.05, 4.69) is 47.9 Å². The maximum Gasteiger partial charge on any atom is 0.253 e. The van der Waals surface area contributed by atoms with E-state index in [1.54, 1.807) is 0 Å². The second-order valence-electron chi connectivity index (χ2n) is 9.67. The molecule has 1 amide bonds. The van der Waals surface area contributed by atoms with Crippen molar-refractivity contribution in [3.8, 4) is 11.1 Å². The smallest absolute Gasteiger partial charge is 0.253 e. The van der Waals surface area contributed by atoms with Gasteiger partial charge in [-0.1, -0.05) is 62.3 Å². The SMILES string of the molecule is CC(C)(C)c1nc(CN2CCCN(C(=O)c3ccc(-c4ccc(CN)cc4)cc3)CC2)no1. The maximum absolute atomic E-state index is 13.1. The molecule has 4 rings (SSSR count). The number of aromatic nitrogens is 2. The molecule has 0 atom stereocenters. The minimum Gasteiger partial charge on any atom is -0.339 e. The molecule has 33 heavy (non-hydrogen) atoms. The largest absolute Gasteiger partial charge is 0.339 e. The van der Waals surface area contributed by atoms with Crippen molar-refractivity contribution >= 4 is 5.91 Å². The lowest BCUT2D eigenvalue weighted by Crippen LogP contribution is -2.35. The Morgan fingerprint density at radius 3 is 2.24 bits per heavy atom. The van der Waals surface area contributed by atoms with E-state index in [-0.39, 0.29) is 11.3 Å². The molecule has 1 aliphatic heterocycles. The van der Waals surface area contributed by atoms with Gasteiger partial charge in [-0.3, -0.25) is 9.69 Å². The summed E-state index contributed by atoms with van der Waals surface area (Å²) in [5, 5.41) is 4.14. The lowest BCUT2D eigenvalue weighted by molar-refractivity contribution is 0.0761. The van der Waals surface area contributed by atoms with Crippen molar-refractivity contribution in [1.29, 1.82) is 0 Å². The van der Waals surface area contributed by atoms with Gasteiger partial charge >= 0.3 is 0 Å². The van der Waals surface area contributed by atoms with Gasteiger partial charge in [0.15, 0.2) is 5.82 Å². The number of nitrogens with zero attached hydrogens (tertiary/aromatic N) is 4. The Hall–Kier alpha value is -3.03. The average Bonchev–Trinajstić information content (AvgIpc) is 3.18. The van der Waals surface area contributed by atoms with Gasteiger partial charge in [0.25, 0.3) is 5.91 Å². The Kier molecular flexibility index (Phi) is 6.91. The Morgan fingerprint density at radius 2 is 1.64 bits per heavy atom. The summed E-state index contributed by atoms with van der Waals surface area (Å²) in [5.41, 5.74) is 9.56. The van der Waals surface area contributed by atoms with E-state index in [1.807, 2.05) is 41.3 Å². The van der Waals surface area contributed by atoms with Gasteiger partial charge in [-0.05, 0) is 35.2 Å². The Bertz CT molecular complexity index is 1070. The first kappa shape index (κ1) is 23.1. The van der Waals surface area contributed by atoms with E-state index in [9.17, 15) is 4.79 Å². The van der Waals surface area contributed by atoms with E-state index in [0.717, 1.165) is 48.3 Å². The van der Waals surface area contributed by atoms with Gasteiger partial charge in [0.05, 0.1) is 6.54 Å². The molecule has 0 aliphatic carbocycles. The number of rotatable bonds is 5. The van der Waals surface area contributed by atoms with Crippen molar-refractivity contribution in [2.75, 3.05) is 26.2 Å². The van der Waals surface area contributed by atoms with Gasteiger partial charge in [-0.15, -0.1) is 0 Å². The number of carbonyl (C=O) groups excluding carboxylic acids is 1.